The van der Waals surface area contributed by atoms with Gasteiger partial charge in [-0.25, -0.2) is 9.59 Å². The van der Waals surface area contributed by atoms with Gasteiger partial charge in [0.2, 0.25) is 0 Å². The number of methoxy groups -OCH3 is 2. The number of hydrogen-bond acceptors (Lipinski definition) is 8. The average Bonchev–Trinajstić information content (AvgIpc) is 3.15. The van der Waals surface area contributed by atoms with Crippen molar-refractivity contribution in [2.45, 2.75) is 118 Å². The largest absolute Gasteiger partial charge is 0.497 e. The van der Waals surface area contributed by atoms with Crippen LogP contribution < -0.4 is 20.1 Å². The number of fused-ring (bicyclic) bond motifs is 2. The first-order valence-corrected chi connectivity index (χ1v) is 21.9. The van der Waals surface area contributed by atoms with E-state index in [4.69, 9.17) is 18.9 Å². The van der Waals surface area contributed by atoms with Crippen LogP contribution in [-0.2, 0) is 22.3 Å². The van der Waals surface area contributed by atoms with Gasteiger partial charge in [-0.1, -0.05) is 36.0 Å². The quantitative estimate of drug-likeness (QED) is 0.120. The summed E-state index contributed by atoms with van der Waals surface area (Å²) in [4.78, 5) is 27.0. The Bertz CT molecular complexity index is 1930. The molecular weight excluding hydrogens is 868 g/mol. The third-order valence-corrected chi connectivity index (χ3v) is 11.1. The zero-order chi connectivity index (χ0) is 41.6. The second kappa shape index (κ2) is 22.0. The minimum Gasteiger partial charge on any atom is -0.497 e. The lowest BCUT2D eigenvalue weighted by Crippen LogP contribution is -2.35. The molecule has 8 nitrogen and oxygen atoms in total. The molecule has 2 amide bonds. The summed E-state index contributed by atoms with van der Waals surface area (Å²) in [5.74, 6) is 2.47. The van der Waals surface area contributed by atoms with Crippen molar-refractivity contribution in [2.24, 2.45) is 0 Å². The van der Waals surface area contributed by atoms with E-state index < -0.39 is 11.2 Å². The highest BCUT2D eigenvalue weighted by atomic mass is 127. The molecule has 0 radical (unpaired) electrons. The summed E-state index contributed by atoms with van der Waals surface area (Å²) in [6.45, 7) is 12.5. The Hall–Kier alpha value is -3.55. The zero-order valence-electron chi connectivity index (χ0n) is 34.6. The number of rotatable bonds is 8. The lowest BCUT2D eigenvalue weighted by molar-refractivity contribution is 0.0512. The third-order valence-electron chi connectivity index (χ3n) is 9.21. The van der Waals surface area contributed by atoms with Crippen LogP contribution in [0, 0.1) is 3.57 Å². The van der Waals surface area contributed by atoms with Gasteiger partial charge in [0.1, 0.15) is 22.7 Å². The fraction of sp³-hybridized carbons (Fsp3) is 0.435. The second-order valence-corrected chi connectivity index (χ2v) is 19.0. The van der Waals surface area contributed by atoms with Crippen LogP contribution in [0.1, 0.15) is 101 Å². The number of alkyl carbamates (subject to hydrolysis) is 2. The number of carbonyl (C=O) groups excluding carboxylic acids is 2. The Morgan fingerprint density at radius 2 is 1.18 bits per heavy atom. The van der Waals surface area contributed by atoms with E-state index in [1.54, 1.807) is 26.0 Å². The van der Waals surface area contributed by atoms with Gasteiger partial charge >= 0.3 is 12.2 Å². The van der Waals surface area contributed by atoms with Gasteiger partial charge in [-0.3, -0.25) is 0 Å². The van der Waals surface area contributed by atoms with Crippen LogP contribution >= 0.6 is 47.0 Å². The van der Waals surface area contributed by atoms with Crippen molar-refractivity contribution in [3.63, 3.8) is 0 Å². The highest BCUT2D eigenvalue weighted by molar-refractivity contribution is 14.1. The molecule has 4 aromatic rings. The highest BCUT2D eigenvalue weighted by Crippen LogP contribution is 2.37. The van der Waals surface area contributed by atoms with Crippen LogP contribution in [0.5, 0.6) is 11.5 Å². The molecule has 0 heterocycles. The minimum absolute atomic E-state index is 0.324. The van der Waals surface area contributed by atoms with E-state index in [9.17, 15) is 9.59 Å². The fourth-order valence-electron chi connectivity index (χ4n) is 6.72. The predicted octanol–water partition coefficient (Wildman–Crippen LogP) is 12.0. The van der Waals surface area contributed by atoms with Gasteiger partial charge in [0.25, 0.3) is 0 Å². The van der Waals surface area contributed by atoms with Crippen LogP contribution in [0.15, 0.2) is 99.6 Å². The maximum Gasteiger partial charge on any atom is 0.407 e. The maximum absolute atomic E-state index is 12.0. The predicted molar refractivity (Wildman–Crippen MR) is 243 cm³/mol. The Kier molecular flexibility index (Phi) is 17.8. The molecule has 0 spiro atoms. The average molecular weight is 927 g/mol. The number of halogens is 1. The molecule has 0 saturated carbocycles. The molecule has 57 heavy (non-hydrogen) atoms. The van der Waals surface area contributed by atoms with Gasteiger partial charge in [0.15, 0.2) is 0 Å². The van der Waals surface area contributed by atoms with E-state index >= 15 is 0 Å². The van der Waals surface area contributed by atoms with E-state index in [2.05, 4.69) is 94.4 Å². The smallest absolute Gasteiger partial charge is 0.407 e. The molecule has 2 aliphatic carbocycles. The second-order valence-electron chi connectivity index (χ2n) is 16.1. The number of thiol groups is 1. The van der Waals surface area contributed by atoms with Crippen LogP contribution in [0.25, 0.3) is 0 Å². The van der Waals surface area contributed by atoms with Crippen LogP contribution in [0.4, 0.5) is 9.59 Å². The summed E-state index contributed by atoms with van der Waals surface area (Å²) >= 11 is 8.22. The van der Waals surface area contributed by atoms with E-state index in [0.717, 1.165) is 48.5 Å². The van der Waals surface area contributed by atoms with Crippen molar-refractivity contribution in [3.8, 4) is 11.5 Å². The number of carbonyl (C=O) groups is 2. The lowest BCUT2D eigenvalue weighted by Gasteiger charge is -2.27. The van der Waals surface area contributed by atoms with Crippen molar-refractivity contribution >= 4 is 59.2 Å². The molecule has 11 heteroatoms. The number of amides is 2. The van der Waals surface area contributed by atoms with E-state index in [1.807, 2.05) is 77.9 Å². The minimum atomic E-state index is -0.471. The van der Waals surface area contributed by atoms with Gasteiger partial charge in [-0.2, -0.15) is 0 Å². The Labute approximate surface area is 363 Å². The molecule has 2 atom stereocenters. The first-order chi connectivity index (χ1) is 27.0. The van der Waals surface area contributed by atoms with Crippen molar-refractivity contribution in [1.29, 1.82) is 0 Å². The molecule has 0 bridgehead atoms. The van der Waals surface area contributed by atoms with Crippen LogP contribution in [-0.4, -0.2) is 50.7 Å². The Morgan fingerprint density at radius 3 is 1.68 bits per heavy atom. The van der Waals surface area contributed by atoms with Gasteiger partial charge in [0, 0.05) is 43.2 Å². The number of ether oxygens (including phenoxy) is 4. The molecule has 0 fully saturated rings. The van der Waals surface area contributed by atoms with Gasteiger partial charge in [0.05, 0.1) is 14.2 Å². The monoisotopic (exact) mass is 926 g/mol. The summed E-state index contributed by atoms with van der Waals surface area (Å²) in [6, 6.07) is 29.0. The molecule has 0 unspecified atom stereocenters. The van der Waals surface area contributed by atoms with Crippen molar-refractivity contribution in [1.82, 2.24) is 10.6 Å². The van der Waals surface area contributed by atoms with Crippen molar-refractivity contribution in [2.75, 3.05) is 27.3 Å². The number of benzene rings is 4. The normalized spacial score (nSPS) is 15.8. The maximum atomic E-state index is 12.0. The molecule has 6 rings (SSSR count). The van der Waals surface area contributed by atoms with Crippen LogP contribution in [0.3, 0.4) is 0 Å². The SMILES string of the molecule is CC(C)(C)OC(=O)NC[C@@H]1CCCc2cc(I)ccc21.COc1cccc(S)c1.COc1cccc(Sc2ccc3c(c2)CCC[C@H]3CNC(=O)OC(C)(C)C)c1. The van der Waals surface area contributed by atoms with Crippen molar-refractivity contribution in [3.05, 3.63) is 111 Å². The number of hydrogen-bond donors (Lipinski definition) is 3. The van der Waals surface area contributed by atoms with E-state index in [1.165, 1.54) is 42.0 Å². The summed E-state index contributed by atoms with van der Waals surface area (Å²) < 4.78 is 22.2. The molecule has 0 aliphatic heterocycles. The Morgan fingerprint density at radius 1 is 0.684 bits per heavy atom. The van der Waals surface area contributed by atoms with E-state index in [-0.39, 0.29) is 12.2 Å². The first kappa shape index (κ1) is 46.1. The number of aryl methyl sites for hydroxylation is 2. The van der Waals surface area contributed by atoms with Crippen LogP contribution in [0.2, 0.25) is 0 Å². The van der Waals surface area contributed by atoms with Crippen molar-refractivity contribution < 1.29 is 28.5 Å². The topological polar surface area (TPSA) is 95.1 Å². The summed E-state index contributed by atoms with van der Waals surface area (Å²) in [7, 11) is 3.33. The molecule has 0 saturated heterocycles. The van der Waals surface area contributed by atoms with Gasteiger partial charge < -0.3 is 29.6 Å². The summed E-state index contributed by atoms with van der Waals surface area (Å²) in [6.07, 6.45) is 6.11. The molecule has 2 aliphatic rings. The molecule has 308 valence electrons. The first-order valence-electron chi connectivity index (χ1n) is 19.5. The standard InChI is InChI=1S/C23H29NO3S.C16H22INO2.C7H8OS/c1-23(2,3)27-22(25)24-15-17-8-5-7-16-13-20(11-12-21(16)17)28-19-10-6-9-18(14-19)26-4;1-16(2,3)20-15(19)18-10-12-6-4-5-11-9-13(17)7-8-14(11)12;1-8-6-3-2-4-7(9)5-6/h6,9-14,17H,5,7-8,15H2,1-4H3,(H,24,25);7-9,12H,4-6,10H2,1-3H3,(H,18,19);2-5,9H,1H3/t17-;12-;/m00./s1. The van der Waals surface area contributed by atoms with Gasteiger partial charge in [-0.05, 0) is 186 Å². The highest BCUT2D eigenvalue weighted by Gasteiger charge is 2.24. The fourth-order valence-corrected chi connectivity index (χ4v) is 8.42. The Balaban J connectivity index is 0.000000215. The lowest BCUT2D eigenvalue weighted by atomic mass is 9.83. The van der Waals surface area contributed by atoms with E-state index in [0.29, 0.717) is 24.9 Å². The molecular formula is C46H59IN2O6S2. The zero-order valence-corrected chi connectivity index (χ0v) is 38.4. The van der Waals surface area contributed by atoms with Gasteiger partial charge in [-0.15, -0.1) is 12.6 Å². The summed E-state index contributed by atoms with van der Waals surface area (Å²) in [5.41, 5.74) is 4.63. The number of nitrogens with one attached hydrogen (secondary N) is 2. The summed E-state index contributed by atoms with van der Waals surface area (Å²) in [5, 5.41) is 5.84. The third kappa shape index (κ3) is 16.3. The molecule has 4 aromatic carbocycles. The molecule has 2 N–H and O–H groups in total. The molecule has 0 aromatic heterocycles.